The zero-order valence-corrected chi connectivity index (χ0v) is 12.5. The van der Waals surface area contributed by atoms with Crippen molar-refractivity contribution in [3.8, 4) is 6.07 Å². The Morgan fingerprint density at radius 2 is 2.05 bits per heavy atom. The van der Waals surface area contributed by atoms with Crippen molar-refractivity contribution in [2.45, 2.75) is 54.6 Å². The number of aliphatic hydroxyl groups is 1. The molecule has 0 aliphatic carbocycles. The van der Waals surface area contributed by atoms with Crippen LogP contribution in [0.2, 0.25) is 0 Å². The SMILES string of the molecule is N#CCc1cc(C2(O)CC3CCCC(C2)S3=O)ccc1F. The molecule has 21 heavy (non-hydrogen) atoms. The van der Waals surface area contributed by atoms with Gasteiger partial charge >= 0.3 is 0 Å². The molecule has 0 spiro atoms. The van der Waals surface area contributed by atoms with Gasteiger partial charge in [0.25, 0.3) is 0 Å². The summed E-state index contributed by atoms with van der Waals surface area (Å²) in [5.41, 5.74) is -0.0651. The molecule has 2 aliphatic rings. The standard InChI is InChI=1S/C16H18FNO2S/c17-15-5-4-12(8-11(15)6-7-18)16(19)9-13-2-1-3-14(10-16)21(13)20/h4-5,8,13-14,19H,1-3,6,9-10H2. The van der Waals surface area contributed by atoms with Gasteiger partial charge in [0.2, 0.25) is 0 Å². The van der Waals surface area contributed by atoms with Crippen LogP contribution in [0.3, 0.4) is 0 Å². The van der Waals surface area contributed by atoms with E-state index >= 15 is 0 Å². The predicted molar refractivity (Wildman–Crippen MR) is 78.4 cm³/mol. The van der Waals surface area contributed by atoms with E-state index in [1.54, 1.807) is 12.1 Å². The fraction of sp³-hybridized carbons (Fsp3) is 0.562. The minimum Gasteiger partial charge on any atom is -0.385 e. The first-order valence-corrected chi connectivity index (χ1v) is 8.59. The molecule has 5 heteroatoms. The van der Waals surface area contributed by atoms with Crippen LogP contribution in [0.4, 0.5) is 4.39 Å². The molecule has 2 atom stereocenters. The zero-order chi connectivity index (χ0) is 15.0. The Hall–Kier alpha value is -1.25. The molecular weight excluding hydrogens is 289 g/mol. The molecule has 1 N–H and O–H groups in total. The van der Waals surface area contributed by atoms with Gasteiger partial charge in [-0.3, -0.25) is 4.21 Å². The van der Waals surface area contributed by atoms with Crippen LogP contribution in [-0.2, 0) is 22.8 Å². The summed E-state index contributed by atoms with van der Waals surface area (Å²) in [7, 11) is -0.856. The van der Waals surface area contributed by atoms with Crippen molar-refractivity contribution in [1.29, 1.82) is 5.26 Å². The fourth-order valence-corrected chi connectivity index (χ4v) is 5.83. The van der Waals surface area contributed by atoms with Gasteiger partial charge in [-0.1, -0.05) is 12.5 Å². The van der Waals surface area contributed by atoms with Crippen molar-refractivity contribution < 1.29 is 13.7 Å². The predicted octanol–water partition coefficient (Wildman–Crippen LogP) is 2.54. The molecule has 0 saturated carbocycles. The van der Waals surface area contributed by atoms with Gasteiger partial charge in [0, 0.05) is 26.9 Å². The third-order valence-electron chi connectivity index (χ3n) is 4.69. The van der Waals surface area contributed by atoms with Crippen LogP contribution in [0.25, 0.3) is 0 Å². The van der Waals surface area contributed by atoms with E-state index in [0.29, 0.717) is 24.0 Å². The third kappa shape index (κ3) is 2.63. The van der Waals surface area contributed by atoms with E-state index in [9.17, 15) is 13.7 Å². The Bertz CT molecular complexity index is 609. The highest BCUT2D eigenvalue weighted by molar-refractivity contribution is 7.86. The average Bonchev–Trinajstić information content (AvgIpc) is 2.43. The Morgan fingerprint density at radius 3 is 2.67 bits per heavy atom. The number of hydrogen-bond donors (Lipinski definition) is 1. The quantitative estimate of drug-likeness (QED) is 0.913. The average molecular weight is 307 g/mol. The first-order valence-electron chi connectivity index (χ1n) is 7.31. The van der Waals surface area contributed by atoms with E-state index in [1.165, 1.54) is 6.07 Å². The van der Waals surface area contributed by atoms with Gasteiger partial charge in [-0.2, -0.15) is 5.26 Å². The summed E-state index contributed by atoms with van der Waals surface area (Å²) >= 11 is 0. The number of benzene rings is 1. The lowest BCUT2D eigenvalue weighted by Crippen LogP contribution is -2.47. The van der Waals surface area contributed by atoms with Crippen molar-refractivity contribution >= 4 is 10.8 Å². The smallest absolute Gasteiger partial charge is 0.127 e. The van der Waals surface area contributed by atoms with Crippen LogP contribution in [0.1, 0.15) is 43.2 Å². The molecule has 3 nitrogen and oxygen atoms in total. The molecule has 2 unspecified atom stereocenters. The lowest BCUT2D eigenvalue weighted by atomic mass is 9.80. The maximum Gasteiger partial charge on any atom is 0.127 e. The Labute approximate surface area is 126 Å². The summed E-state index contributed by atoms with van der Waals surface area (Å²) < 4.78 is 25.9. The molecule has 0 aromatic heterocycles. The van der Waals surface area contributed by atoms with E-state index in [0.717, 1.165) is 19.3 Å². The largest absolute Gasteiger partial charge is 0.385 e. The summed E-state index contributed by atoms with van der Waals surface area (Å²) in [6.07, 6.45) is 3.77. The molecule has 1 aromatic carbocycles. The number of nitriles is 1. The van der Waals surface area contributed by atoms with Crippen LogP contribution < -0.4 is 0 Å². The number of hydrogen-bond acceptors (Lipinski definition) is 3. The normalized spacial score (nSPS) is 35.2. The van der Waals surface area contributed by atoms with E-state index < -0.39 is 22.2 Å². The van der Waals surface area contributed by atoms with E-state index in [4.69, 9.17) is 5.26 Å². The van der Waals surface area contributed by atoms with Gasteiger partial charge in [-0.25, -0.2) is 4.39 Å². The zero-order valence-electron chi connectivity index (χ0n) is 11.7. The topological polar surface area (TPSA) is 61.1 Å². The Morgan fingerprint density at radius 1 is 1.38 bits per heavy atom. The minimum absolute atomic E-state index is 0.00542. The summed E-state index contributed by atoms with van der Waals surface area (Å²) in [6, 6.07) is 6.46. The molecule has 0 amide bonds. The minimum atomic E-state index is -1.04. The second-order valence-corrected chi connectivity index (χ2v) is 8.07. The summed E-state index contributed by atoms with van der Waals surface area (Å²) in [5, 5.41) is 19.8. The molecule has 0 radical (unpaired) electrons. The lowest BCUT2D eigenvalue weighted by molar-refractivity contribution is 0.00642. The highest BCUT2D eigenvalue weighted by Gasteiger charge is 2.46. The van der Waals surface area contributed by atoms with Crippen molar-refractivity contribution in [2.24, 2.45) is 0 Å². The molecule has 1 aromatic rings. The van der Waals surface area contributed by atoms with Gasteiger partial charge in [-0.15, -0.1) is 0 Å². The van der Waals surface area contributed by atoms with Gasteiger partial charge in [-0.05, 0) is 43.4 Å². The maximum atomic E-state index is 13.7. The molecule has 2 saturated heterocycles. The summed E-state index contributed by atoms with van der Waals surface area (Å²) in [4.78, 5) is 0. The van der Waals surface area contributed by atoms with Gasteiger partial charge < -0.3 is 5.11 Å². The van der Waals surface area contributed by atoms with Crippen molar-refractivity contribution in [1.82, 2.24) is 0 Å². The number of halogens is 1. The van der Waals surface area contributed by atoms with Gasteiger partial charge in [0.05, 0.1) is 18.1 Å². The second kappa shape index (κ2) is 5.51. The lowest BCUT2D eigenvalue weighted by Gasteiger charge is -2.43. The van der Waals surface area contributed by atoms with Crippen LogP contribution in [0.15, 0.2) is 18.2 Å². The van der Waals surface area contributed by atoms with E-state index in [1.807, 2.05) is 6.07 Å². The maximum absolute atomic E-state index is 13.7. The van der Waals surface area contributed by atoms with Gasteiger partial charge in [0.15, 0.2) is 0 Å². The molecule has 2 fully saturated rings. The first kappa shape index (κ1) is 14.7. The highest BCUT2D eigenvalue weighted by Crippen LogP contribution is 2.44. The van der Waals surface area contributed by atoms with Crippen molar-refractivity contribution in [3.63, 3.8) is 0 Å². The molecular formula is C16H18FNO2S. The molecule has 3 rings (SSSR count). The Balaban J connectivity index is 1.94. The number of nitrogens with zero attached hydrogens (tertiary/aromatic N) is 1. The van der Waals surface area contributed by atoms with Crippen LogP contribution in [-0.4, -0.2) is 19.8 Å². The summed E-state index contributed by atoms with van der Waals surface area (Å²) in [6.45, 7) is 0. The van der Waals surface area contributed by atoms with Crippen LogP contribution >= 0.6 is 0 Å². The van der Waals surface area contributed by atoms with Crippen molar-refractivity contribution in [3.05, 3.63) is 35.1 Å². The molecule has 2 bridgehead atoms. The third-order valence-corrected chi connectivity index (χ3v) is 6.81. The molecule has 112 valence electrons. The summed E-state index contributed by atoms with van der Waals surface area (Å²) in [5.74, 6) is -0.413. The first-order chi connectivity index (χ1) is 10.0. The van der Waals surface area contributed by atoms with E-state index in [2.05, 4.69) is 0 Å². The van der Waals surface area contributed by atoms with Crippen LogP contribution in [0.5, 0.6) is 0 Å². The number of rotatable bonds is 2. The molecule has 2 aliphatic heterocycles. The highest BCUT2D eigenvalue weighted by atomic mass is 32.2. The number of fused-ring (bicyclic) bond motifs is 2. The van der Waals surface area contributed by atoms with Crippen molar-refractivity contribution in [2.75, 3.05) is 0 Å². The van der Waals surface area contributed by atoms with Crippen LogP contribution in [0, 0.1) is 17.1 Å². The van der Waals surface area contributed by atoms with Gasteiger partial charge in [0.1, 0.15) is 5.82 Å². The van der Waals surface area contributed by atoms with E-state index in [-0.39, 0.29) is 16.9 Å². The fourth-order valence-electron chi connectivity index (χ4n) is 3.60. The monoisotopic (exact) mass is 307 g/mol. The molecule has 2 heterocycles. The Kier molecular flexibility index (Phi) is 3.85. The second-order valence-electron chi connectivity index (χ2n) is 6.08.